The van der Waals surface area contributed by atoms with Gasteiger partial charge >= 0.3 is 0 Å². The first kappa shape index (κ1) is 10.9. The van der Waals surface area contributed by atoms with Gasteiger partial charge in [0, 0.05) is 11.4 Å². The van der Waals surface area contributed by atoms with E-state index >= 15 is 0 Å². The summed E-state index contributed by atoms with van der Waals surface area (Å²) >= 11 is 0. The summed E-state index contributed by atoms with van der Waals surface area (Å²) < 4.78 is 0. The molecule has 0 fully saturated rings. The lowest BCUT2D eigenvalue weighted by Crippen LogP contribution is -1.94. The van der Waals surface area contributed by atoms with Crippen LogP contribution in [0.3, 0.4) is 0 Å². The minimum absolute atomic E-state index is 1.07. The Kier molecular flexibility index (Phi) is 3.71. The monoisotopic (exact) mass is 211 g/mol. The zero-order valence-electron chi connectivity index (χ0n) is 9.69. The molecule has 2 rings (SSSR count). The highest BCUT2D eigenvalue weighted by molar-refractivity contribution is 5.15. The summed E-state index contributed by atoms with van der Waals surface area (Å²) in [5.41, 5.74) is 3.73. The van der Waals surface area contributed by atoms with E-state index in [9.17, 15) is 0 Å². The second-order valence-corrected chi connectivity index (χ2v) is 4.11. The van der Waals surface area contributed by atoms with Crippen LogP contribution in [0.2, 0.25) is 0 Å². The average Bonchev–Trinajstić information content (AvgIpc) is 2.30. The number of hydrogen-bond donors (Lipinski definition) is 0. The number of benzene rings is 1. The van der Waals surface area contributed by atoms with Crippen molar-refractivity contribution in [3.05, 3.63) is 65.5 Å². The van der Waals surface area contributed by atoms with Gasteiger partial charge in [0.2, 0.25) is 0 Å². The van der Waals surface area contributed by atoms with Crippen LogP contribution in [-0.4, -0.2) is 4.98 Å². The summed E-state index contributed by atoms with van der Waals surface area (Å²) in [6.45, 7) is 2.04. The molecule has 1 aromatic heterocycles. The van der Waals surface area contributed by atoms with Crippen LogP contribution in [0.1, 0.15) is 23.4 Å². The van der Waals surface area contributed by atoms with Crippen LogP contribution in [0.4, 0.5) is 0 Å². The molecule has 16 heavy (non-hydrogen) atoms. The molecule has 2 aromatic rings. The molecule has 0 saturated carbocycles. The largest absolute Gasteiger partial charge is 0.258 e. The Bertz CT molecular complexity index is 434. The van der Waals surface area contributed by atoms with Crippen molar-refractivity contribution >= 4 is 0 Å². The summed E-state index contributed by atoms with van der Waals surface area (Å²) in [6.07, 6.45) is 3.37. The third-order valence-corrected chi connectivity index (χ3v) is 2.69. The summed E-state index contributed by atoms with van der Waals surface area (Å²) in [5.74, 6) is 0. The van der Waals surface area contributed by atoms with Crippen molar-refractivity contribution in [1.82, 2.24) is 4.98 Å². The van der Waals surface area contributed by atoms with Gasteiger partial charge < -0.3 is 0 Å². The van der Waals surface area contributed by atoms with Crippen LogP contribution in [0.5, 0.6) is 0 Å². The highest BCUT2D eigenvalue weighted by Gasteiger charge is 1.96. The summed E-state index contributed by atoms with van der Waals surface area (Å²) in [4.78, 5) is 4.50. The SMILES string of the molecule is Cc1cccc(CCCc2ccccc2)n1. The lowest BCUT2D eigenvalue weighted by atomic mass is 10.1. The fraction of sp³-hybridized carbons (Fsp3) is 0.267. The summed E-state index contributed by atoms with van der Waals surface area (Å²) in [5, 5.41) is 0. The van der Waals surface area contributed by atoms with Gasteiger partial charge in [-0.05, 0) is 43.9 Å². The van der Waals surface area contributed by atoms with Crippen molar-refractivity contribution in [2.45, 2.75) is 26.2 Å². The van der Waals surface area contributed by atoms with Gasteiger partial charge in [0.15, 0.2) is 0 Å². The topological polar surface area (TPSA) is 12.9 Å². The molecule has 0 spiro atoms. The smallest absolute Gasteiger partial charge is 0.0406 e. The van der Waals surface area contributed by atoms with Gasteiger partial charge in [0.1, 0.15) is 0 Å². The minimum Gasteiger partial charge on any atom is -0.258 e. The quantitative estimate of drug-likeness (QED) is 0.753. The summed E-state index contributed by atoms with van der Waals surface area (Å²) in [7, 11) is 0. The molecule has 0 atom stereocenters. The highest BCUT2D eigenvalue weighted by atomic mass is 14.7. The van der Waals surface area contributed by atoms with Crippen LogP contribution in [0.15, 0.2) is 48.5 Å². The fourth-order valence-corrected chi connectivity index (χ4v) is 1.86. The van der Waals surface area contributed by atoms with Crippen LogP contribution < -0.4 is 0 Å². The fourth-order valence-electron chi connectivity index (χ4n) is 1.86. The van der Waals surface area contributed by atoms with Crippen molar-refractivity contribution in [3.8, 4) is 0 Å². The third kappa shape index (κ3) is 3.20. The van der Waals surface area contributed by atoms with Gasteiger partial charge in [-0.2, -0.15) is 0 Å². The standard InChI is InChI=1S/C15H17N/c1-13-7-5-11-15(16-13)12-6-10-14-8-3-2-4-9-14/h2-5,7-9,11H,6,10,12H2,1H3. The van der Waals surface area contributed by atoms with Crippen molar-refractivity contribution < 1.29 is 0 Å². The molecule has 0 bridgehead atoms. The van der Waals surface area contributed by atoms with Crippen LogP contribution in [0, 0.1) is 6.92 Å². The van der Waals surface area contributed by atoms with Gasteiger partial charge in [-0.3, -0.25) is 4.98 Å². The number of nitrogens with zero attached hydrogens (tertiary/aromatic N) is 1. The Labute approximate surface area is 97.2 Å². The van der Waals surface area contributed by atoms with Gasteiger partial charge in [-0.1, -0.05) is 36.4 Å². The zero-order valence-corrected chi connectivity index (χ0v) is 9.69. The second-order valence-electron chi connectivity index (χ2n) is 4.11. The van der Waals surface area contributed by atoms with Crippen LogP contribution in [-0.2, 0) is 12.8 Å². The Morgan fingerprint density at radius 2 is 1.69 bits per heavy atom. The Balaban J connectivity index is 1.85. The molecule has 0 unspecified atom stereocenters. The van der Waals surface area contributed by atoms with Gasteiger partial charge in [-0.25, -0.2) is 0 Å². The molecule has 1 heteroatoms. The van der Waals surface area contributed by atoms with Gasteiger partial charge in [-0.15, -0.1) is 0 Å². The number of rotatable bonds is 4. The van der Waals surface area contributed by atoms with E-state index in [2.05, 4.69) is 47.4 Å². The van der Waals surface area contributed by atoms with E-state index in [1.165, 1.54) is 17.7 Å². The molecule has 0 amide bonds. The van der Waals surface area contributed by atoms with Crippen LogP contribution >= 0.6 is 0 Å². The van der Waals surface area contributed by atoms with Crippen molar-refractivity contribution in [3.63, 3.8) is 0 Å². The minimum atomic E-state index is 1.07. The number of aromatic nitrogens is 1. The van der Waals surface area contributed by atoms with E-state index in [0.29, 0.717) is 0 Å². The van der Waals surface area contributed by atoms with E-state index in [0.717, 1.165) is 18.5 Å². The number of pyridine rings is 1. The lowest BCUT2D eigenvalue weighted by molar-refractivity contribution is 0.795. The lowest BCUT2D eigenvalue weighted by Gasteiger charge is -2.02. The Morgan fingerprint density at radius 3 is 2.44 bits per heavy atom. The molecule has 0 N–H and O–H groups in total. The normalized spacial score (nSPS) is 10.3. The molecule has 0 radical (unpaired) electrons. The Morgan fingerprint density at radius 1 is 0.875 bits per heavy atom. The predicted molar refractivity (Wildman–Crippen MR) is 67.4 cm³/mol. The Hall–Kier alpha value is -1.63. The molecule has 1 nitrogen and oxygen atoms in total. The first-order valence-electron chi connectivity index (χ1n) is 5.81. The van der Waals surface area contributed by atoms with E-state index in [4.69, 9.17) is 0 Å². The molecule has 0 aliphatic heterocycles. The van der Waals surface area contributed by atoms with E-state index < -0.39 is 0 Å². The van der Waals surface area contributed by atoms with Crippen molar-refractivity contribution in [2.24, 2.45) is 0 Å². The third-order valence-electron chi connectivity index (χ3n) is 2.69. The molecule has 0 aliphatic rings. The molecular weight excluding hydrogens is 194 g/mol. The molecule has 1 aromatic carbocycles. The molecule has 82 valence electrons. The first-order chi connectivity index (χ1) is 7.84. The van der Waals surface area contributed by atoms with E-state index in [1.54, 1.807) is 0 Å². The second kappa shape index (κ2) is 5.45. The molecule has 0 saturated heterocycles. The first-order valence-corrected chi connectivity index (χ1v) is 5.81. The van der Waals surface area contributed by atoms with Crippen LogP contribution in [0.25, 0.3) is 0 Å². The van der Waals surface area contributed by atoms with Gasteiger partial charge in [0.05, 0.1) is 0 Å². The maximum atomic E-state index is 4.50. The van der Waals surface area contributed by atoms with Gasteiger partial charge in [0.25, 0.3) is 0 Å². The number of hydrogen-bond acceptors (Lipinski definition) is 1. The average molecular weight is 211 g/mol. The molecule has 1 heterocycles. The van der Waals surface area contributed by atoms with Crippen molar-refractivity contribution in [2.75, 3.05) is 0 Å². The van der Waals surface area contributed by atoms with Crippen molar-refractivity contribution in [1.29, 1.82) is 0 Å². The maximum absolute atomic E-state index is 4.50. The maximum Gasteiger partial charge on any atom is 0.0406 e. The van der Waals surface area contributed by atoms with E-state index in [1.807, 2.05) is 13.0 Å². The van der Waals surface area contributed by atoms with E-state index in [-0.39, 0.29) is 0 Å². The zero-order chi connectivity index (χ0) is 11.2. The summed E-state index contributed by atoms with van der Waals surface area (Å²) in [6, 6.07) is 16.9. The number of aryl methyl sites for hydroxylation is 3. The predicted octanol–water partition coefficient (Wildman–Crippen LogP) is 3.57. The highest BCUT2D eigenvalue weighted by Crippen LogP contribution is 2.07. The molecule has 0 aliphatic carbocycles. The molecular formula is C15H17N.